The van der Waals surface area contributed by atoms with Crippen LogP contribution in [-0.4, -0.2) is 28.6 Å². The first kappa shape index (κ1) is 16.1. The van der Waals surface area contributed by atoms with Gasteiger partial charge in [0, 0.05) is 24.6 Å². The van der Waals surface area contributed by atoms with Crippen molar-refractivity contribution in [3.63, 3.8) is 0 Å². The van der Waals surface area contributed by atoms with E-state index < -0.39 is 5.92 Å². The zero-order chi connectivity index (χ0) is 17.4. The maximum atomic E-state index is 13.0. The molecule has 0 spiro atoms. The normalized spacial score (nSPS) is 20.6. The molecule has 2 amide bonds. The van der Waals surface area contributed by atoms with E-state index in [9.17, 15) is 14.0 Å². The second kappa shape index (κ2) is 6.51. The molecular formula is C17H17FN4O2S. The maximum absolute atomic E-state index is 13.0. The maximum Gasteiger partial charge on any atom is 0.231 e. The molecule has 1 aromatic carbocycles. The molecule has 2 fully saturated rings. The van der Waals surface area contributed by atoms with Gasteiger partial charge in [-0.3, -0.25) is 9.59 Å². The van der Waals surface area contributed by atoms with Crippen molar-refractivity contribution in [2.45, 2.75) is 31.6 Å². The van der Waals surface area contributed by atoms with Crippen molar-refractivity contribution in [2.24, 2.45) is 5.92 Å². The van der Waals surface area contributed by atoms with Crippen LogP contribution in [0, 0.1) is 11.7 Å². The molecule has 8 heteroatoms. The van der Waals surface area contributed by atoms with E-state index in [1.54, 1.807) is 12.1 Å². The minimum Gasteiger partial charge on any atom is -0.312 e. The molecule has 25 heavy (non-hydrogen) atoms. The van der Waals surface area contributed by atoms with Crippen molar-refractivity contribution < 1.29 is 14.0 Å². The molecule has 130 valence electrons. The number of aromatic nitrogens is 2. The van der Waals surface area contributed by atoms with Gasteiger partial charge in [-0.05, 0) is 37.1 Å². The van der Waals surface area contributed by atoms with Crippen LogP contribution in [0.2, 0.25) is 0 Å². The van der Waals surface area contributed by atoms with Gasteiger partial charge < -0.3 is 10.2 Å². The fourth-order valence-electron chi connectivity index (χ4n) is 3.07. The number of nitrogens with one attached hydrogen (secondary N) is 1. The molecular weight excluding hydrogens is 343 g/mol. The second-order valence-corrected chi connectivity index (χ2v) is 7.45. The van der Waals surface area contributed by atoms with Crippen molar-refractivity contribution in [1.82, 2.24) is 10.2 Å². The molecule has 1 saturated heterocycles. The van der Waals surface area contributed by atoms with Gasteiger partial charge in [0.2, 0.25) is 16.9 Å². The number of halogens is 1. The lowest BCUT2D eigenvalue weighted by atomic mass is 9.86. The summed E-state index contributed by atoms with van der Waals surface area (Å²) in [6.07, 6.45) is 3.62. The van der Waals surface area contributed by atoms with E-state index in [0.29, 0.717) is 16.7 Å². The van der Waals surface area contributed by atoms with E-state index in [2.05, 4.69) is 15.5 Å². The zero-order valence-corrected chi connectivity index (χ0v) is 14.3. The predicted octanol–water partition coefficient (Wildman–Crippen LogP) is 2.94. The lowest BCUT2D eigenvalue weighted by molar-refractivity contribution is -0.122. The highest BCUT2D eigenvalue weighted by molar-refractivity contribution is 7.15. The summed E-state index contributed by atoms with van der Waals surface area (Å²) in [5.41, 5.74) is 0.602. The van der Waals surface area contributed by atoms with Gasteiger partial charge in [-0.1, -0.05) is 17.8 Å². The van der Waals surface area contributed by atoms with E-state index in [-0.39, 0.29) is 30.6 Å². The Hall–Kier alpha value is -2.35. The third-order valence-electron chi connectivity index (χ3n) is 4.76. The number of nitrogens with zero attached hydrogens (tertiary/aromatic N) is 3. The molecule has 4 rings (SSSR count). The summed E-state index contributed by atoms with van der Waals surface area (Å²) < 4.78 is 13.0. The van der Waals surface area contributed by atoms with Crippen molar-refractivity contribution in [1.29, 1.82) is 0 Å². The van der Waals surface area contributed by atoms with Gasteiger partial charge in [0.15, 0.2) is 0 Å². The predicted molar refractivity (Wildman–Crippen MR) is 92.0 cm³/mol. The first-order valence-corrected chi connectivity index (χ1v) is 9.12. The number of benzene rings is 1. The number of carbonyl (C=O) groups excluding carboxylic acids is 2. The highest BCUT2D eigenvalue weighted by Gasteiger charge is 2.35. The number of anilines is 2. The Bertz CT molecular complexity index is 803. The molecule has 1 aromatic heterocycles. The van der Waals surface area contributed by atoms with Gasteiger partial charge in [0.1, 0.15) is 10.8 Å². The standard InChI is InChI=1S/C17H17FN4O2S/c18-12-4-6-13(7-5-12)22-9-11(8-14(22)23)15(24)19-17-21-20-16(25-17)10-2-1-3-10/h4-7,10-11H,1-3,8-9H2,(H,19,21,24)/t11-/m0/s1. The number of hydrogen-bond acceptors (Lipinski definition) is 5. The Morgan fingerprint density at radius 2 is 2.00 bits per heavy atom. The summed E-state index contributed by atoms with van der Waals surface area (Å²) in [5, 5.41) is 12.4. The van der Waals surface area contributed by atoms with Gasteiger partial charge in [0.25, 0.3) is 0 Å². The number of carbonyl (C=O) groups is 2. The summed E-state index contributed by atoms with van der Waals surface area (Å²) in [5.74, 6) is -0.699. The lowest BCUT2D eigenvalue weighted by Crippen LogP contribution is -2.28. The summed E-state index contributed by atoms with van der Waals surface area (Å²) in [6, 6.07) is 5.70. The third-order valence-corrected chi connectivity index (χ3v) is 5.76. The molecule has 1 saturated carbocycles. The van der Waals surface area contributed by atoms with Gasteiger partial charge in [0.05, 0.1) is 5.92 Å². The van der Waals surface area contributed by atoms with E-state index in [4.69, 9.17) is 0 Å². The first-order valence-electron chi connectivity index (χ1n) is 8.30. The average molecular weight is 360 g/mol. The van der Waals surface area contributed by atoms with Crippen molar-refractivity contribution in [3.05, 3.63) is 35.1 Å². The Morgan fingerprint density at radius 1 is 1.24 bits per heavy atom. The second-order valence-electron chi connectivity index (χ2n) is 6.44. The number of rotatable bonds is 4. The lowest BCUT2D eigenvalue weighted by Gasteiger charge is -2.21. The molecule has 0 radical (unpaired) electrons. The van der Waals surface area contributed by atoms with Gasteiger partial charge in [-0.15, -0.1) is 10.2 Å². The summed E-state index contributed by atoms with van der Waals surface area (Å²) in [7, 11) is 0. The molecule has 1 atom stereocenters. The minimum absolute atomic E-state index is 0.136. The molecule has 2 heterocycles. The van der Waals surface area contributed by atoms with E-state index in [0.717, 1.165) is 17.8 Å². The van der Waals surface area contributed by atoms with Crippen LogP contribution >= 0.6 is 11.3 Å². The average Bonchev–Trinajstić information content (AvgIpc) is 3.14. The summed E-state index contributed by atoms with van der Waals surface area (Å²) in [6.45, 7) is 0.282. The van der Waals surface area contributed by atoms with Crippen LogP contribution in [0.15, 0.2) is 24.3 Å². The molecule has 1 aliphatic carbocycles. The van der Waals surface area contributed by atoms with Crippen molar-refractivity contribution >= 4 is 34.0 Å². The smallest absolute Gasteiger partial charge is 0.231 e. The highest BCUT2D eigenvalue weighted by atomic mass is 32.1. The van der Waals surface area contributed by atoms with Crippen molar-refractivity contribution in [2.75, 3.05) is 16.8 Å². The van der Waals surface area contributed by atoms with Gasteiger partial charge in [-0.25, -0.2) is 4.39 Å². The van der Waals surface area contributed by atoms with Gasteiger partial charge in [-0.2, -0.15) is 0 Å². The Balaban J connectivity index is 1.40. The van der Waals surface area contributed by atoms with Crippen LogP contribution in [0.5, 0.6) is 0 Å². The third kappa shape index (κ3) is 3.26. The van der Waals surface area contributed by atoms with Crippen LogP contribution in [0.4, 0.5) is 15.2 Å². The van der Waals surface area contributed by atoms with Crippen molar-refractivity contribution in [3.8, 4) is 0 Å². The topological polar surface area (TPSA) is 75.2 Å². The monoisotopic (exact) mass is 360 g/mol. The SMILES string of the molecule is O=C(Nc1nnc(C2CCC2)s1)[C@H]1CC(=O)N(c2ccc(F)cc2)C1. The highest BCUT2D eigenvalue weighted by Crippen LogP contribution is 2.38. The first-order chi connectivity index (χ1) is 12.1. The van der Waals surface area contributed by atoms with Crippen LogP contribution < -0.4 is 10.2 Å². The Kier molecular flexibility index (Phi) is 4.20. The Labute approximate surface area is 148 Å². The quantitative estimate of drug-likeness (QED) is 0.910. The van der Waals surface area contributed by atoms with Crippen LogP contribution in [0.1, 0.15) is 36.6 Å². The summed E-state index contributed by atoms with van der Waals surface area (Å²) >= 11 is 1.41. The number of amides is 2. The fraction of sp³-hybridized carbons (Fsp3) is 0.412. The molecule has 2 aromatic rings. The minimum atomic E-state index is -0.450. The molecule has 6 nitrogen and oxygen atoms in total. The molecule has 0 bridgehead atoms. The fourth-order valence-corrected chi connectivity index (χ4v) is 3.98. The number of hydrogen-bond donors (Lipinski definition) is 1. The summed E-state index contributed by atoms with van der Waals surface area (Å²) in [4.78, 5) is 26.2. The molecule has 1 N–H and O–H groups in total. The largest absolute Gasteiger partial charge is 0.312 e. The molecule has 1 aliphatic heterocycles. The van der Waals surface area contributed by atoms with Crippen LogP contribution in [0.3, 0.4) is 0 Å². The molecule has 2 aliphatic rings. The van der Waals surface area contributed by atoms with E-state index in [1.165, 1.54) is 34.8 Å². The van der Waals surface area contributed by atoms with Crippen LogP contribution in [0.25, 0.3) is 0 Å². The van der Waals surface area contributed by atoms with E-state index >= 15 is 0 Å². The molecule has 0 unspecified atom stereocenters. The van der Waals surface area contributed by atoms with E-state index in [1.807, 2.05) is 0 Å². The Morgan fingerprint density at radius 3 is 2.68 bits per heavy atom. The zero-order valence-electron chi connectivity index (χ0n) is 13.4. The van der Waals surface area contributed by atoms with Gasteiger partial charge >= 0.3 is 0 Å². The van der Waals surface area contributed by atoms with Crippen LogP contribution in [-0.2, 0) is 9.59 Å².